The van der Waals surface area contributed by atoms with Crippen LogP contribution < -0.4 is 10.1 Å². The maximum absolute atomic E-state index is 11.9. The highest BCUT2D eigenvalue weighted by atomic mass is 32.2. The zero-order chi connectivity index (χ0) is 17.7. The van der Waals surface area contributed by atoms with E-state index in [2.05, 4.69) is 5.32 Å². The van der Waals surface area contributed by atoms with E-state index < -0.39 is 40.5 Å². The van der Waals surface area contributed by atoms with Gasteiger partial charge >= 0.3 is 5.97 Å². The summed E-state index contributed by atoms with van der Waals surface area (Å²) in [7, 11) is -3.07. The van der Waals surface area contributed by atoms with E-state index in [1.807, 2.05) is 19.1 Å². The van der Waals surface area contributed by atoms with Crippen LogP contribution >= 0.6 is 0 Å². The van der Waals surface area contributed by atoms with Crippen LogP contribution in [0, 0.1) is 6.92 Å². The summed E-state index contributed by atoms with van der Waals surface area (Å²) in [6.45, 7) is 2.98. The van der Waals surface area contributed by atoms with Crippen molar-refractivity contribution in [2.75, 3.05) is 18.1 Å². The molecular formula is C16H21NO6S. The average Bonchev–Trinajstić information content (AvgIpc) is 2.83. The van der Waals surface area contributed by atoms with Gasteiger partial charge < -0.3 is 14.8 Å². The molecule has 1 aliphatic heterocycles. The van der Waals surface area contributed by atoms with Crippen LogP contribution in [0.15, 0.2) is 24.3 Å². The van der Waals surface area contributed by atoms with E-state index >= 15 is 0 Å². The second-order valence-electron chi connectivity index (χ2n) is 5.85. The van der Waals surface area contributed by atoms with Crippen LogP contribution in [-0.2, 0) is 24.2 Å². The standard InChI is InChI=1S/C16H21NO6S/c1-11-4-3-5-14(8-11)23-12(2)16(19)22-9-15(18)17-13-6-7-24(20,21)10-13/h3-5,8,12-13H,6-7,9-10H2,1-2H3,(H,17,18)/t12-,13-/m1/s1. The van der Waals surface area contributed by atoms with E-state index in [0.717, 1.165) is 5.56 Å². The Hall–Kier alpha value is -2.09. The van der Waals surface area contributed by atoms with Crippen LogP contribution in [0.2, 0.25) is 0 Å². The number of aryl methyl sites for hydroxylation is 1. The van der Waals surface area contributed by atoms with E-state index in [1.165, 1.54) is 6.92 Å². The quantitative estimate of drug-likeness (QED) is 0.751. The van der Waals surface area contributed by atoms with Crippen molar-refractivity contribution in [3.63, 3.8) is 0 Å². The van der Waals surface area contributed by atoms with Gasteiger partial charge in [-0.15, -0.1) is 0 Å². The molecule has 0 bridgehead atoms. The summed E-state index contributed by atoms with van der Waals surface area (Å²) in [5, 5.41) is 2.55. The third-order valence-corrected chi connectivity index (χ3v) is 5.35. The first-order chi connectivity index (χ1) is 11.2. The number of carbonyl (C=O) groups is 2. The van der Waals surface area contributed by atoms with Crippen molar-refractivity contribution in [1.29, 1.82) is 0 Å². The molecule has 0 aromatic heterocycles. The highest BCUT2D eigenvalue weighted by Crippen LogP contribution is 2.14. The summed E-state index contributed by atoms with van der Waals surface area (Å²) in [5.41, 5.74) is 0.999. The molecular weight excluding hydrogens is 334 g/mol. The van der Waals surface area contributed by atoms with Gasteiger partial charge in [-0.3, -0.25) is 4.79 Å². The van der Waals surface area contributed by atoms with Crippen LogP contribution in [0.4, 0.5) is 0 Å². The van der Waals surface area contributed by atoms with Gasteiger partial charge in [0, 0.05) is 6.04 Å². The second kappa shape index (κ2) is 7.65. The molecule has 1 heterocycles. The average molecular weight is 355 g/mol. The number of benzene rings is 1. The summed E-state index contributed by atoms with van der Waals surface area (Å²) in [5.74, 6) is -0.641. The molecule has 0 saturated carbocycles. The van der Waals surface area contributed by atoms with Gasteiger partial charge in [0.25, 0.3) is 5.91 Å². The second-order valence-corrected chi connectivity index (χ2v) is 8.08. The largest absolute Gasteiger partial charge is 0.479 e. The zero-order valence-electron chi connectivity index (χ0n) is 13.7. The van der Waals surface area contributed by atoms with E-state index in [9.17, 15) is 18.0 Å². The fraction of sp³-hybridized carbons (Fsp3) is 0.500. The Morgan fingerprint density at radius 1 is 1.38 bits per heavy atom. The van der Waals surface area contributed by atoms with Crippen molar-refractivity contribution in [3.8, 4) is 5.75 Å². The van der Waals surface area contributed by atoms with Gasteiger partial charge in [0.2, 0.25) is 0 Å². The lowest BCUT2D eigenvalue weighted by atomic mass is 10.2. The molecule has 0 radical (unpaired) electrons. The van der Waals surface area contributed by atoms with Crippen molar-refractivity contribution >= 4 is 21.7 Å². The van der Waals surface area contributed by atoms with Crippen LogP contribution in [0.3, 0.4) is 0 Å². The topological polar surface area (TPSA) is 98.8 Å². The zero-order valence-corrected chi connectivity index (χ0v) is 14.5. The molecule has 0 unspecified atom stereocenters. The number of amides is 1. The van der Waals surface area contributed by atoms with Gasteiger partial charge in [0.1, 0.15) is 5.75 Å². The minimum atomic E-state index is -3.07. The maximum atomic E-state index is 11.9. The lowest BCUT2D eigenvalue weighted by Crippen LogP contribution is -2.39. The number of nitrogens with one attached hydrogen (secondary N) is 1. The normalized spacial score (nSPS) is 20.2. The van der Waals surface area contributed by atoms with Crippen molar-refractivity contribution < 1.29 is 27.5 Å². The Kier molecular flexibility index (Phi) is 5.82. The number of hydrogen-bond donors (Lipinski definition) is 1. The maximum Gasteiger partial charge on any atom is 0.347 e. The molecule has 1 saturated heterocycles. The highest BCUT2D eigenvalue weighted by molar-refractivity contribution is 7.91. The van der Waals surface area contributed by atoms with Gasteiger partial charge in [0.15, 0.2) is 22.5 Å². The van der Waals surface area contributed by atoms with Crippen molar-refractivity contribution in [1.82, 2.24) is 5.32 Å². The number of sulfone groups is 1. The predicted molar refractivity (Wildman–Crippen MR) is 87.4 cm³/mol. The molecule has 1 N–H and O–H groups in total. The summed E-state index contributed by atoms with van der Waals surface area (Å²) < 4.78 is 33.0. The number of carbonyl (C=O) groups excluding carboxylic acids is 2. The fourth-order valence-electron chi connectivity index (χ4n) is 2.37. The molecule has 132 valence electrons. The van der Waals surface area contributed by atoms with Gasteiger partial charge in [-0.2, -0.15) is 0 Å². The van der Waals surface area contributed by atoms with Gasteiger partial charge in [-0.1, -0.05) is 12.1 Å². The van der Waals surface area contributed by atoms with E-state index in [1.54, 1.807) is 12.1 Å². The smallest absolute Gasteiger partial charge is 0.347 e. The first-order valence-corrected chi connectivity index (χ1v) is 9.47. The molecule has 1 amide bonds. The Morgan fingerprint density at radius 2 is 2.12 bits per heavy atom. The minimum Gasteiger partial charge on any atom is -0.479 e. The van der Waals surface area contributed by atoms with E-state index in [4.69, 9.17) is 9.47 Å². The molecule has 1 aromatic carbocycles. The molecule has 0 spiro atoms. The van der Waals surface area contributed by atoms with Gasteiger partial charge in [-0.05, 0) is 38.0 Å². The van der Waals surface area contributed by atoms with Crippen LogP contribution in [-0.4, -0.2) is 50.6 Å². The molecule has 1 aliphatic rings. The summed E-state index contributed by atoms with van der Waals surface area (Å²) in [6, 6.07) is 6.82. The first kappa shape index (κ1) is 18.3. The molecule has 8 heteroatoms. The number of esters is 1. The number of ether oxygens (including phenoxy) is 2. The third kappa shape index (κ3) is 5.52. The van der Waals surface area contributed by atoms with E-state index in [0.29, 0.717) is 12.2 Å². The van der Waals surface area contributed by atoms with Crippen LogP contribution in [0.25, 0.3) is 0 Å². The van der Waals surface area contributed by atoms with Crippen molar-refractivity contribution in [2.24, 2.45) is 0 Å². The minimum absolute atomic E-state index is 0.0686. The molecule has 2 atom stereocenters. The summed E-state index contributed by atoms with van der Waals surface area (Å²) in [6.07, 6.45) is -0.471. The van der Waals surface area contributed by atoms with Crippen molar-refractivity contribution in [2.45, 2.75) is 32.4 Å². The lowest BCUT2D eigenvalue weighted by Gasteiger charge is -2.15. The molecule has 1 aromatic rings. The highest BCUT2D eigenvalue weighted by Gasteiger charge is 2.29. The summed E-state index contributed by atoms with van der Waals surface area (Å²) in [4.78, 5) is 23.6. The molecule has 24 heavy (non-hydrogen) atoms. The molecule has 2 rings (SSSR count). The Bertz CT molecular complexity index is 715. The van der Waals surface area contributed by atoms with Crippen LogP contribution in [0.5, 0.6) is 5.75 Å². The van der Waals surface area contributed by atoms with Gasteiger partial charge in [-0.25, -0.2) is 13.2 Å². The van der Waals surface area contributed by atoms with Crippen molar-refractivity contribution in [3.05, 3.63) is 29.8 Å². The predicted octanol–water partition coefficient (Wildman–Crippen LogP) is 0.609. The van der Waals surface area contributed by atoms with Gasteiger partial charge in [0.05, 0.1) is 11.5 Å². The number of hydrogen-bond acceptors (Lipinski definition) is 6. The Morgan fingerprint density at radius 3 is 2.75 bits per heavy atom. The Labute approximate surface area is 141 Å². The fourth-order valence-corrected chi connectivity index (χ4v) is 4.05. The summed E-state index contributed by atoms with van der Waals surface area (Å²) >= 11 is 0. The lowest BCUT2D eigenvalue weighted by molar-refractivity contribution is -0.154. The molecule has 7 nitrogen and oxygen atoms in total. The first-order valence-electron chi connectivity index (χ1n) is 7.65. The monoisotopic (exact) mass is 355 g/mol. The number of rotatable bonds is 6. The molecule has 1 fully saturated rings. The SMILES string of the molecule is Cc1cccc(O[C@H](C)C(=O)OCC(=O)N[C@@H]2CCS(=O)(=O)C2)c1. The molecule has 0 aliphatic carbocycles. The van der Waals surface area contributed by atoms with E-state index in [-0.39, 0.29) is 11.5 Å². The Balaban J connectivity index is 1.74. The van der Waals surface area contributed by atoms with Crippen LogP contribution in [0.1, 0.15) is 18.9 Å². The third-order valence-electron chi connectivity index (χ3n) is 3.58.